The van der Waals surface area contributed by atoms with Crippen molar-refractivity contribution in [3.63, 3.8) is 0 Å². The van der Waals surface area contributed by atoms with E-state index in [0.717, 1.165) is 13.0 Å². The number of aliphatic hydroxyl groups excluding tert-OH is 1. The Hall–Kier alpha value is -0.160. The first kappa shape index (κ1) is 15.8. The summed E-state index contributed by atoms with van der Waals surface area (Å²) in [5, 5.41) is 12.8. The number of ether oxygens (including phenoxy) is 2. The Labute approximate surface area is 99.3 Å². The van der Waals surface area contributed by atoms with E-state index in [1.165, 1.54) is 0 Å². The average molecular weight is 233 g/mol. The van der Waals surface area contributed by atoms with Crippen LogP contribution in [-0.2, 0) is 9.47 Å². The molecule has 0 amide bonds. The lowest BCUT2D eigenvalue weighted by atomic mass is 10.00. The zero-order valence-corrected chi connectivity index (χ0v) is 11.2. The molecule has 0 saturated heterocycles. The van der Waals surface area contributed by atoms with Gasteiger partial charge in [0.05, 0.1) is 18.3 Å². The second kappa shape index (κ2) is 8.01. The van der Waals surface area contributed by atoms with Gasteiger partial charge in [-0.3, -0.25) is 0 Å². The monoisotopic (exact) mass is 233 g/mol. The SMILES string of the molecule is COCC(O)CCNC(C)CC(C)(C)OC. The van der Waals surface area contributed by atoms with Crippen LogP contribution in [0.15, 0.2) is 0 Å². The van der Waals surface area contributed by atoms with Crippen LogP contribution < -0.4 is 5.32 Å². The highest BCUT2D eigenvalue weighted by atomic mass is 16.5. The maximum absolute atomic E-state index is 9.45. The van der Waals surface area contributed by atoms with Gasteiger partial charge in [0.25, 0.3) is 0 Å². The average Bonchev–Trinajstić information content (AvgIpc) is 2.17. The van der Waals surface area contributed by atoms with Crippen LogP contribution in [0, 0.1) is 0 Å². The maximum Gasteiger partial charge on any atom is 0.0785 e. The molecule has 4 heteroatoms. The van der Waals surface area contributed by atoms with Gasteiger partial charge in [-0.15, -0.1) is 0 Å². The first-order valence-corrected chi connectivity index (χ1v) is 5.87. The number of methoxy groups -OCH3 is 2. The lowest BCUT2D eigenvalue weighted by Crippen LogP contribution is -2.37. The van der Waals surface area contributed by atoms with E-state index in [-0.39, 0.29) is 11.7 Å². The molecular formula is C12H27NO3. The van der Waals surface area contributed by atoms with Crippen LogP contribution in [0.2, 0.25) is 0 Å². The van der Waals surface area contributed by atoms with Crippen LogP contribution in [0.25, 0.3) is 0 Å². The molecule has 2 N–H and O–H groups in total. The first-order valence-electron chi connectivity index (χ1n) is 5.87. The van der Waals surface area contributed by atoms with Crippen molar-refractivity contribution in [3.05, 3.63) is 0 Å². The van der Waals surface area contributed by atoms with Gasteiger partial charge in [0.1, 0.15) is 0 Å². The summed E-state index contributed by atoms with van der Waals surface area (Å²) in [6, 6.07) is 0.379. The summed E-state index contributed by atoms with van der Waals surface area (Å²) in [7, 11) is 3.33. The molecule has 16 heavy (non-hydrogen) atoms. The standard InChI is InChI=1S/C12H27NO3/c1-10(8-12(2,3)16-5)13-7-6-11(14)9-15-4/h10-11,13-14H,6-9H2,1-5H3. The molecule has 0 saturated carbocycles. The molecule has 0 aromatic rings. The van der Waals surface area contributed by atoms with Gasteiger partial charge in [-0.25, -0.2) is 0 Å². The molecule has 0 aromatic heterocycles. The van der Waals surface area contributed by atoms with Gasteiger partial charge in [-0.05, 0) is 40.2 Å². The Kier molecular flexibility index (Phi) is 7.93. The van der Waals surface area contributed by atoms with E-state index in [1.54, 1.807) is 14.2 Å². The topological polar surface area (TPSA) is 50.7 Å². The number of hydrogen-bond acceptors (Lipinski definition) is 4. The van der Waals surface area contributed by atoms with Gasteiger partial charge in [0.2, 0.25) is 0 Å². The molecule has 0 bridgehead atoms. The van der Waals surface area contributed by atoms with Crippen molar-refractivity contribution in [3.8, 4) is 0 Å². The molecule has 4 nitrogen and oxygen atoms in total. The number of nitrogens with one attached hydrogen (secondary N) is 1. The third-order valence-electron chi connectivity index (χ3n) is 2.68. The predicted octanol–water partition coefficient (Wildman–Crippen LogP) is 1.18. The molecule has 2 atom stereocenters. The molecular weight excluding hydrogens is 206 g/mol. The van der Waals surface area contributed by atoms with Crippen molar-refractivity contribution in [2.24, 2.45) is 0 Å². The van der Waals surface area contributed by atoms with Gasteiger partial charge < -0.3 is 19.9 Å². The zero-order valence-electron chi connectivity index (χ0n) is 11.2. The van der Waals surface area contributed by atoms with Gasteiger partial charge in [0.15, 0.2) is 0 Å². The van der Waals surface area contributed by atoms with Gasteiger partial charge >= 0.3 is 0 Å². The van der Waals surface area contributed by atoms with Crippen molar-refractivity contribution in [2.45, 2.75) is 51.4 Å². The quantitative estimate of drug-likeness (QED) is 0.628. The Morgan fingerprint density at radius 2 is 1.94 bits per heavy atom. The summed E-state index contributed by atoms with van der Waals surface area (Å²) in [5.41, 5.74) is -0.0996. The minimum Gasteiger partial charge on any atom is -0.391 e. The Morgan fingerprint density at radius 3 is 2.44 bits per heavy atom. The van der Waals surface area contributed by atoms with Crippen molar-refractivity contribution in [1.29, 1.82) is 0 Å². The van der Waals surface area contributed by atoms with Crippen molar-refractivity contribution in [1.82, 2.24) is 5.32 Å². The minimum absolute atomic E-state index is 0.0996. The third-order valence-corrected chi connectivity index (χ3v) is 2.68. The van der Waals surface area contributed by atoms with Crippen LogP contribution in [-0.4, -0.2) is 50.2 Å². The van der Waals surface area contributed by atoms with E-state index in [0.29, 0.717) is 19.1 Å². The van der Waals surface area contributed by atoms with Crippen molar-refractivity contribution in [2.75, 3.05) is 27.4 Å². The van der Waals surface area contributed by atoms with E-state index in [2.05, 4.69) is 26.1 Å². The molecule has 0 aliphatic rings. The summed E-state index contributed by atoms with van der Waals surface area (Å²) in [6.45, 7) is 7.48. The summed E-state index contributed by atoms with van der Waals surface area (Å²) in [4.78, 5) is 0. The molecule has 0 fully saturated rings. The van der Waals surface area contributed by atoms with Crippen LogP contribution in [0.4, 0.5) is 0 Å². The summed E-state index contributed by atoms with van der Waals surface area (Å²) in [6.07, 6.45) is 1.29. The molecule has 0 rings (SSSR count). The van der Waals surface area contributed by atoms with Crippen LogP contribution in [0.3, 0.4) is 0 Å². The van der Waals surface area contributed by atoms with E-state index >= 15 is 0 Å². The number of rotatable bonds is 9. The molecule has 0 heterocycles. The minimum atomic E-state index is -0.375. The summed E-state index contributed by atoms with van der Waals surface area (Å²) < 4.78 is 10.2. The third kappa shape index (κ3) is 8.05. The van der Waals surface area contributed by atoms with E-state index in [1.807, 2.05) is 0 Å². The lowest BCUT2D eigenvalue weighted by Gasteiger charge is -2.27. The van der Waals surface area contributed by atoms with Crippen LogP contribution >= 0.6 is 0 Å². The molecule has 0 spiro atoms. The lowest BCUT2D eigenvalue weighted by molar-refractivity contribution is 0.00797. The fraction of sp³-hybridized carbons (Fsp3) is 1.00. The van der Waals surface area contributed by atoms with Crippen molar-refractivity contribution < 1.29 is 14.6 Å². The number of aliphatic hydroxyl groups is 1. The second-order valence-corrected chi connectivity index (χ2v) is 4.92. The highest BCUT2D eigenvalue weighted by Crippen LogP contribution is 2.15. The first-order chi connectivity index (χ1) is 7.41. The van der Waals surface area contributed by atoms with Crippen LogP contribution in [0.1, 0.15) is 33.6 Å². The Balaban J connectivity index is 3.61. The molecule has 98 valence electrons. The highest BCUT2D eigenvalue weighted by Gasteiger charge is 2.19. The van der Waals surface area contributed by atoms with Gasteiger partial charge in [0, 0.05) is 20.3 Å². The van der Waals surface area contributed by atoms with E-state index < -0.39 is 0 Å². The van der Waals surface area contributed by atoms with E-state index in [4.69, 9.17) is 9.47 Å². The second-order valence-electron chi connectivity index (χ2n) is 4.92. The predicted molar refractivity (Wildman–Crippen MR) is 65.7 cm³/mol. The van der Waals surface area contributed by atoms with Gasteiger partial charge in [-0.2, -0.15) is 0 Å². The van der Waals surface area contributed by atoms with Crippen molar-refractivity contribution >= 4 is 0 Å². The van der Waals surface area contributed by atoms with E-state index in [9.17, 15) is 5.11 Å². The van der Waals surface area contributed by atoms with Crippen LogP contribution in [0.5, 0.6) is 0 Å². The highest BCUT2D eigenvalue weighted by molar-refractivity contribution is 4.75. The fourth-order valence-corrected chi connectivity index (χ4v) is 1.66. The molecule has 0 radical (unpaired) electrons. The number of hydrogen-bond donors (Lipinski definition) is 2. The molecule has 0 aliphatic heterocycles. The van der Waals surface area contributed by atoms with Gasteiger partial charge in [-0.1, -0.05) is 0 Å². The molecule has 2 unspecified atom stereocenters. The largest absolute Gasteiger partial charge is 0.391 e. The molecule has 0 aliphatic carbocycles. The Bertz CT molecular complexity index is 174. The molecule has 0 aromatic carbocycles. The summed E-state index contributed by atoms with van der Waals surface area (Å²) >= 11 is 0. The summed E-state index contributed by atoms with van der Waals surface area (Å²) in [5.74, 6) is 0. The Morgan fingerprint density at radius 1 is 1.31 bits per heavy atom. The normalized spacial score (nSPS) is 16.1. The zero-order chi connectivity index (χ0) is 12.6. The smallest absolute Gasteiger partial charge is 0.0785 e. The fourth-order valence-electron chi connectivity index (χ4n) is 1.66. The maximum atomic E-state index is 9.45.